The minimum atomic E-state index is -1.34. The number of methoxy groups -OCH3 is 1. The fraction of sp³-hybridized carbons (Fsp3) is 0.152. The average molecular weight is 585 g/mol. The first kappa shape index (κ1) is 26.9. The van der Waals surface area contributed by atoms with E-state index in [-0.39, 0.29) is 16.7 Å². The average Bonchev–Trinajstić information content (AvgIpc) is 3.20. The molecule has 0 aromatic heterocycles. The molecule has 4 aromatic rings. The van der Waals surface area contributed by atoms with Crippen LogP contribution >= 0.6 is 23.2 Å². The number of amides is 2. The van der Waals surface area contributed by atoms with Gasteiger partial charge in [-0.2, -0.15) is 5.01 Å². The van der Waals surface area contributed by atoms with Crippen LogP contribution in [0, 0.1) is 5.92 Å². The third-order valence-corrected chi connectivity index (χ3v) is 8.76. The van der Waals surface area contributed by atoms with Gasteiger partial charge in [-0.25, -0.2) is 0 Å². The molecule has 206 valence electrons. The Morgan fingerprint density at radius 1 is 1.02 bits per heavy atom. The number of aromatic hydroxyl groups is 1. The molecule has 0 spiro atoms. The summed E-state index contributed by atoms with van der Waals surface area (Å²) in [5, 5.41) is 13.9. The molecule has 2 aliphatic rings. The third-order valence-electron chi connectivity index (χ3n) is 8.22. The van der Waals surface area contributed by atoms with Crippen molar-refractivity contribution in [3.05, 3.63) is 124 Å². The van der Waals surface area contributed by atoms with E-state index in [9.17, 15) is 14.7 Å². The highest BCUT2D eigenvalue weighted by molar-refractivity contribution is 6.36. The molecule has 0 unspecified atom stereocenters. The van der Waals surface area contributed by atoms with Crippen LogP contribution in [0.5, 0.6) is 11.5 Å². The van der Waals surface area contributed by atoms with Crippen LogP contribution in [0.2, 0.25) is 10.0 Å². The molecule has 8 heteroatoms. The number of rotatable bonds is 6. The molecule has 41 heavy (non-hydrogen) atoms. The summed E-state index contributed by atoms with van der Waals surface area (Å²) in [6.45, 7) is 4.08. The number of benzene rings is 4. The van der Waals surface area contributed by atoms with Crippen LogP contribution in [-0.2, 0) is 15.0 Å². The number of hydrazine groups is 1. The number of ether oxygens (including phenoxy) is 1. The number of carbonyl (C=O) groups excluding carboxylic acids is 2. The van der Waals surface area contributed by atoms with Crippen molar-refractivity contribution in [2.45, 2.75) is 17.8 Å². The van der Waals surface area contributed by atoms with Crippen LogP contribution in [0.3, 0.4) is 0 Å². The molecule has 3 atom stereocenters. The molecule has 6 rings (SSSR count). The minimum absolute atomic E-state index is 0.133. The molecule has 1 heterocycles. The summed E-state index contributed by atoms with van der Waals surface area (Å²) in [4.78, 5) is 29.1. The van der Waals surface area contributed by atoms with E-state index >= 15 is 0 Å². The maximum atomic E-state index is 14.9. The van der Waals surface area contributed by atoms with Gasteiger partial charge in [0.2, 0.25) is 0 Å². The van der Waals surface area contributed by atoms with Crippen LogP contribution in [-0.4, -0.2) is 29.0 Å². The van der Waals surface area contributed by atoms with Gasteiger partial charge in [-0.3, -0.25) is 15.0 Å². The largest absolute Gasteiger partial charge is 0.507 e. The van der Waals surface area contributed by atoms with E-state index < -0.39 is 23.2 Å². The number of imide groups is 1. The molecule has 1 aliphatic carbocycles. The van der Waals surface area contributed by atoms with Crippen molar-refractivity contribution >= 4 is 51.5 Å². The number of fused-ring (bicyclic) bond motifs is 2. The van der Waals surface area contributed by atoms with Gasteiger partial charge in [-0.1, -0.05) is 84.4 Å². The summed E-state index contributed by atoms with van der Waals surface area (Å²) < 4.78 is 5.41. The normalized spacial score (nSPS) is 21.9. The molecule has 6 nitrogen and oxygen atoms in total. The fourth-order valence-corrected chi connectivity index (χ4v) is 6.83. The Balaban J connectivity index is 1.62. The number of hydrogen-bond donors (Lipinski definition) is 2. The predicted octanol–water partition coefficient (Wildman–Crippen LogP) is 7.41. The first-order chi connectivity index (χ1) is 19.8. The molecular formula is C33H26Cl2N2O4. The Kier molecular flexibility index (Phi) is 6.76. The van der Waals surface area contributed by atoms with Crippen LogP contribution in [0.25, 0.3) is 10.8 Å². The van der Waals surface area contributed by atoms with E-state index in [4.69, 9.17) is 27.9 Å². The molecule has 1 aliphatic heterocycles. The van der Waals surface area contributed by atoms with E-state index in [1.807, 2.05) is 48.5 Å². The molecule has 0 radical (unpaired) electrons. The quantitative estimate of drug-likeness (QED) is 0.231. The molecule has 0 saturated carbocycles. The summed E-state index contributed by atoms with van der Waals surface area (Å²) >= 11 is 12.5. The van der Waals surface area contributed by atoms with Gasteiger partial charge in [0.05, 0.1) is 29.2 Å². The van der Waals surface area contributed by atoms with Crippen molar-refractivity contribution in [1.29, 1.82) is 0 Å². The summed E-state index contributed by atoms with van der Waals surface area (Å²) in [6, 6.07) is 23.1. The zero-order valence-corrected chi connectivity index (χ0v) is 23.6. The first-order valence-electron chi connectivity index (χ1n) is 13.1. The maximum absolute atomic E-state index is 14.9. The number of allylic oxidation sites excluding steroid dienone is 3. The highest BCUT2D eigenvalue weighted by Crippen LogP contribution is 2.58. The van der Waals surface area contributed by atoms with Crippen molar-refractivity contribution in [1.82, 2.24) is 5.01 Å². The highest BCUT2D eigenvalue weighted by atomic mass is 35.5. The lowest BCUT2D eigenvalue weighted by Crippen LogP contribution is -2.48. The molecule has 1 fully saturated rings. The lowest BCUT2D eigenvalue weighted by Gasteiger charge is -2.43. The second-order valence-electron chi connectivity index (χ2n) is 10.2. The van der Waals surface area contributed by atoms with Gasteiger partial charge in [-0.05, 0) is 64.9 Å². The first-order valence-corrected chi connectivity index (χ1v) is 13.8. The summed E-state index contributed by atoms with van der Waals surface area (Å²) in [7, 11) is 1.58. The van der Waals surface area contributed by atoms with Gasteiger partial charge in [-0.15, -0.1) is 0 Å². The standard InChI is InChI=1S/C33H26Cl2N2O4/c1-3-19-8-15-26-31(39)37(36-28-16-11-21(34)18-27(28)35)32(40)33(26,20-9-12-22(41-2)13-10-20)30(19)25-14-17-29(38)24-7-5-4-6-23(24)25/h3-14,16-18,26,30,36,38H,1,15H2,2H3/t26-,30+,33+/m0/s1. The van der Waals surface area contributed by atoms with Crippen molar-refractivity contribution in [2.24, 2.45) is 5.92 Å². The summed E-state index contributed by atoms with van der Waals surface area (Å²) in [6.07, 6.45) is 4.06. The van der Waals surface area contributed by atoms with Crippen molar-refractivity contribution in [2.75, 3.05) is 12.5 Å². The predicted molar refractivity (Wildman–Crippen MR) is 161 cm³/mol. The van der Waals surface area contributed by atoms with Gasteiger partial charge >= 0.3 is 0 Å². The molecule has 4 aromatic carbocycles. The van der Waals surface area contributed by atoms with Crippen molar-refractivity contribution < 1.29 is 19.4 Å². The molecule has 1 saturated heterocycles. The Morgan fingerprint density at radius 3 is 2.44 bits per heavy atom. The Bertz CT molecular complexity index is 1750. The van der Waals surface area contributed by atoms with Crippen LogP contribution in [0.4, 0.5) is 5.69 Å². The van der Waals surface area contributed by atoms with Gasteiger partial charge in [0.1, 0.15) is 11.5 Å². The lowest BCUT2D eigenvalue weighted by molar-refractivity contribution is -0.138. The number of nitrogens with one attached hydrogen (secondary N) is 1. The van der Waals surface area contributed by atoms with Crippen LogP contribution in [0.1, 0.15) is 23.5 Å². The van der Waals surface area contributed by atoms with Gasteiger partial charge in [0, 0.05) is 16.3 Å². The van der Waals surface area contributed by atoms with Crippen LogP contribution < -0.4 is 10.2 Å². The Hall–Kier alpha value is -4.26. The molecule has 2 N–H and O–H groups in total. The number of phenols is 1. The number of anilines is 1. The number of halogens is 2. The SMILES string of the molecule is C=CC1=CC[C@H]2C(=O)N(Nc3ccc(Cl)cc3Cl)C(=O)[C@@]2(c2ccc(OC)cc2)[C@H]1c1ccc(O)c2ccccc12. The second-order valence-corrected chi connectivity index (χ2v) is 11.0. The minimum Gasteiger partial charge on any atom is -0.507 e. The maximum Gasteiger partial charge on any atom is 0.260 e. The zero-order chi connectivity index (χ0) is 28.9. The number of nitrogens with zero attached hydrogens (tertiary/aromatic N) is 1. The molecular weight excluding hydrogens is 559 g/mol. The Morgan fingerprint density at radius 2 is 1.76 bits per heavy atom. The van der Waals surface area contributed by atoms with E-state index in [1.165, 1.54) is 0 Å². The van der Waals surface area contributed by atoms with Gasteiger partial charge < -0.3 is 9.84 Å². The summed E-state index contributed by atoms with van der Waals surface area (Å²) in [5.74, 6) is -1.36. The second kappa shape index (κ2) is 10.3. The molecule has 2 amide bonds. The number of carbonyl (C=O) groups is 2. The van der Waals surface area contributed by atoms with Crippen LogP contribution in [0.15, 0.2) is 103 Å². The Labute approximate surface area is 247 Å². The van der Waals surface area contributed by atoms with Crippen molar-refractivity contribution in [3.63, 3.8) is 0 Å². The summed E-state index contributed by atoms with van der Waals surface area (Å²) in [5.41, 5.74) is 4.32. The molecule has 0 bridgehead atoms. The fourth-order valence-electron chi connectivity index (χ4n) is 6.38. The monoisotopic (exact) mass is 584 g/mol. The van der Waals surface area contributed by atoms with Crippen molar-refractivity contribution in [3.8, 4) is 11.5 Å². The van der Waals surface area contributed by atoms with E-state index in [2.05, 4.69) is 12.0 Å². The van der Waals surface area contributed by atoms with Gasteiger partial charge in [0.25, 0.3) is 11.8 Å². The van der Waals surface area contributed by atoms with Gasteiger partial charge in [0.15, 0.2) is 0 Å². The zero-order valence-electron chi connectivity index (χ0n) is 22.1. The van der Waals surface area contributed by atoms with E-state index in [1.54, 1.807) is 49.6 Å². The smallest absolute Gasteiger partial charge is 0.260 e. The third kappa shape index (κ3) is 4.09. The van der Waals surface area contributed by atoms with E-state index in [0.717, 1.165) is 21.5 Å². The highest BCUT2D eigenvalue weighted by Gasteiger charge is 2.66. The topological polar surface area (TPSA) is 78.9 Å². The lowest BCUT2D eigenvalue weighted by atomic mass is 9.55. The number of phenolic OH excluding ortho intramolecular Hbond substituents is 1. The number of hydrogen-bond acceptors (Lipinski definition) is 5. The van der Waals surface area contributed by atoms with E-state index in [0.29, 0.717) is 33.8 Å².